The van der Waals surface area contributed by atoms with Gasteiger partial charge in [0.2, 0.25) is 15.8 Å². The molecule has 0 aromatic heterocycles. The second-order valence-corrected chi connectivity index (χ2v) is 6.19. The fourth-order valence-electron chi connectivity index (χ4n) is 1.68. The lowest BCUT2D eigenvalue weighted by molar-refractivity contribution is -0.387. The normalized spacial score (nSPS) is 12.1. The van der Waals surface area contributed by atoms with Crippen molar-refractivity contribution >= 4 is 15.7 Å². The molecule has 0 aliphatic rings. The van der Waals surface area contributed by atoms with E-state index in [0.29, 0.717) is 6.07 Å². The van der Waals surface area contributed by atoms with Crippen molar-refractivity contribution in [1.29, 1.82) is 0 Å². The van der Waals surface area contributed by atoms with Crippen LogP contribution in [0.4, 0.5) is 10.1 Å². The molecule has 1 rings (SSSR count). The molecule has 1 aromatic carbocycles. The van der Waals surface area contributed by atoms with E-state index in [0.717, 1.165) is 16.4 Å². The van der Waals surface area contributed by atoms with E-state index >= 15 is 0 Å². The molecule has 0 aliphatic carbocycles. The zero-order chi connectivity index (χ0) is 15.5. The molecule has 0 spiro atoms. The molecule has 9 heteroatoms. The van der Waals surface area contributed by atoms with Gasteiger partial charge >= 0.3 is 5.69 Å². The summed E-state index contributed by atoms with van der Waals surface area (Å²) in [6, 6.07) is 1.93. The fourth-order valence-corrected chi connectivity index (χ4v) is 3.33. The molecule has 0 bridgehead atoms. The zero-order valence-corrected chi connectivity index (χ0v) is 11.8. The van der Waals surface area contributed by atoms with Crippen LogP contribution in [-0.4, -0.2) is 41.9 Å². The van der Waals surface area contributed by atoms with Gasteiger partial charge in [-0.2, -0.15) is 8.70 Å². The van der Waals surface area contributed by atoms with Gasteiger partial charge in [0, 0.05) is 18.7 Å². The van der Waals surface area contributed by atoms with Crippen molar-refractivity contribution in [2.75, 3.05) is 13.2 Å². The number of nitro benzene ring substituents is 1. The molecule has 0 heterocycles. The molecule has 0 unspecified atom stereocenters. The van der Waals surface area contributed by atoms with Crippen molar-refractivity contribution in [3.05, 3.63) is 34.1 Å². The van der Waals surface area contributed by atoms with Crippen molar-refractivity contribution in [3.8, 4) is 0 Å². The largest absolute Gasteiger partial charge is 0.395 e. The molecule has 0 fully saturated rings. The Morgan fingerprint density at radius 2 is 2.05 bits per heavy atom. The predicted octanol–water partition coefficient (Wildman–Crippen LogP) is 1.13. The molecule has 112 valence electrons. The zero-order valence-electron chi connectivity index (χ0n) is 11.0. The van der Waals surface area contributed by atoms with Crippen LogP contribution in [-0.2, 0) is 10.0 Å². The average Bonchev–Trinajstić information content (AvgIpc) is 2.35. The molecule has 7 nitrogen and oxygen atoms in total. The predicted molar refractivity (Wildman–Crippen MR) is 69.2 cm³/mol. The summed E-state index contributed by atoms with van der Waals surface area (Å²) in [5.74, 6) is -1.10. The van der Waals surface area contributed by atoms with Gasteiger partial charge in [-0.1, -0.05) is 0 Å². The summed E-state index contributed by atoms with van der Waals surface area (Å²) in [7, 11) is -4.03. The topological polar surface area (TPSA) is 101 Å². The summed E-state index contributed by atoms with van der Waals surface area (Å²) in [5, 5.41) is 19.6. The molecule has 0 atom stereocenters. The fraction of sp³-hybridized carbons (Fsp3) is 0.455. The van der Waals surface area contributed by atoms with E-state index < -0.39 is 32.5 Å². The molecule has 1 N–H and O–H groups in total. The summed E-state index contributed by atoms with van der Waals surface area (Å²) < 4.78 is 38.9. The van der Waals surface area contributed by atoms with Gasteiger partial charge in [0.15, 0.2) is 0 Å². The summed E-state index contributed by atoms with van der Waals surface area (Å²) in [4.78, 5) is 9.28. The number of sulfonamides is 1. The SMILES string of the molecule is CC(C)N(CCO)S(=O)(=O)c1ccc(F)c([N+](=O)[O-])c1. The number of rotatable bonds is 6. The van der Waals surface area contributed by atoms with E-state index in [4.69, 9.17) is 5.11 Å². The van der Waals surface area contributed by atoms with Gasteiger partial charge in [0.1, 0.15) is 0 Å². The first kappa shape index (κ1) is 16.5. The van der Waals surface area contributed by atoms with Crippen molar-refractivity contribution in [2.45, 2.75) is 24.8 Å². The molecular weight excluding hydrogens is 291 g/mol. The molecule has 0 saturated heterocycles. The van der Waals surface area contributed by atoms with Crippen LogP contribution in [0.25, 0.3) is 0 Å². The highest BCUT2D eigenvalue weighted by Gasteiger charge is 2.29. The Morgan fingerprint density at radius 3 is 2.50 bits per heavy atom. The monoisotopic (exact) mass is 306 g/mol. The molecule has 1 aromatic rings. The second-order valence-electron chi connectivity index (χ2n) is 4.30. The third kappa shape index (κ3) is 3.30. The maximum absolute atomic E-state index is 13.2. The van der Waals surface area contributed by atoms with E-state index in [2.05, 4.69) is 0 Å². The first-order chi connectivity index (χ1) is 9.21. The second kappa shape index (κ2) is 6.25. The first-order valence-electron chi connectivity index (χ1n) is 5.78. The van der Waals surface area contributed by atoms with Crippen LogP contribution in [0.2, 0.25) is 0 Å². The van der Waals surface area contributed by atoms with E-state index in [1.165, 1.54) is 0 Å². The summed E-state index contributed by atoms with van der Waals surface area (Å²) in [5.41, 5.74) is -0.904. The van der Waals surface area contributed by atoms with Crippen LogP contribution < -0.4 is 0 Å². The van der Waals surface area contributed by atoms with Gasteiger partial charge in [-0.05, 0) is 26.0 Å². The Balaban J connectivity index is 3.34. The Labute approximate surface area is 115 Å². The maximum atomic E-state index is 13.2. The molecule has 20 heavy (non-hydrogen) atoms. The first-order valence-corrected chi connectivity index (χ1v) is 7.22. The van der Waals surface area contributed by atoms with Crippen LogP contribution in [0, 0.1) is 15.9 Å². The summed E-state index contributed by atoms with van der Waals surface area (Å²) in [6.07, 6.45) is 0. The maximum Gasteiger partial charge on any atom is 0.306 e. The lowest BCUT2D eigenvalue weighted by Gasteiger charge is -2.24. The van der Waals surface area contributed by atoms with Gasteiger partial charge in [0.05, 0.1) is 16.4 Å². The van der Waals surface area contributed by atoms with E-state index in [1.54, 1.807) is 13.8 Å². The van der Waals surface area contributed by atoms with E-state index in [9.17, 15) is 22.9 Å². The standard InChI is InChI=1S/C11H15FN2O5S/c1-8(2)13(5-6-15)20(18,19)9-3-4-10(12)11(7-9)14(16)17/h3-4,7-8,15H,5-6H2,1-2H3. The number of hydrogen-bond donors (Lipinski definition) is 1. The minimum Gasteiger partial charge on any atom is -0.395 e. The highest BCUT2D eigenvalue weighted by molar-refractivity contribution is 7.89. The summed E-state index contributed by atoms with van der Waals surface area (Å²) >= 11 is 0. The van der Waals surface area contributed by atoms with Gasteiger partial charge in [-0.25, -0.2) is 8.42 Å². The lowest BCUT2D eigenvalue weighted by atomic mass is 10.3. The van der Waals surface area contributed by atoms with Gasteiger partial charge in [-0.15, -0.1) is 0 Å². The third-order valence-corrected chi connectivity index (χ3v) is 4.69. The quantitative estimate of drug-likeness (QED) is 0.627. The number of halogens is 1. The Hall–Kier alpha value is -1.58. The molecular formula is C11H15FN2O5S. The van der Waals surface area contributed by atoms with Gasteiger partial charge in [0.25, 0.3) is 0 Å². The number of benzene rings is 1. The van der Waals surface area contributed by atoms with E-state index in [1.807, 2.05) is 0 Å². The molecule has 0 radical (unpaired) electrons. The Bertz CT molecular complexity index is 603. The van der Waals surface area contributed by atoms with Crippen LogP contribution >= 0.6 is 0 Å². The van der Waals surface area contributed by atoms with Crippen molar-refractivity contribution in [1.82, 2.24) is 4.31 Å². The highest BCUT2D eigenvalue weighted by atomic mass is 32.2. The number of nitrogens with zero attached hydrogens (tertiary/aromatic N) is 2. The summed E-state index contributed by atoms with van der Waals surface area (Å²) in [6.45, 7) is 2.67. The van der Waals surface area contributed by atoms with Gasteiger partial charge < -0.3 is 5.11 Å². The smallest absolute Gasteiger partial charge is 0.306 e. The van der Waals surface area contributed by atoms with Crippen LogP contribution in [0.3, 0.4) is 0 Å². The molecule has 0 amide bonds. The van der Waals surface area contributed by atoms with Crippen LogP contribution in [0.1, 0.15) is 13.8 Å². The van der Waals surface area contributed by atoms with Crippen LogP contribution in [0.15, 0.2) is 23.1 Å². The number of aliphatic hydroxyl groups excluding tert-OH is 1. The van der Waals surface area contributed by atoms with Gasteiger partial charge in [-0.3, -0.25) is 10.1 Å². The van der Waals surface area contributed by atoms with Crippen molar-refractivity contribution < 1.29 is 22.8 Å². The molecule has 0 aliphatic heterocycles. The Kier molecular flexibility index (Phi) is 5.15. The van der Waals surface area contributed by atoms with Crippen molar-refractivity contribution in [2.24, 2.45) is 0 Å². The van der Waals surface area contributed by atoms with Crippen molar-refractivity contribution in [3.63, 3.8) is 0 Å². The number of hydrogen-bond acceptors (Lipinski definition) is 5. The Morgan fingerprint density at radius 1 is 1.45 bits per heavy atom. The minimum atomic E-state index is -4.03. The van der Waals surface area contributed by atoms with Crippen LogP contribution in [0.5, 0.6) is 0 Å². The lowest BCUT2D eigenvalue weighted by Crippen LogP contribution is -2.38. The third-order valence-electron chi connectivity index (χ3n) is 2.62. The minimum absolute atomic E-state index is 0.148. The molecule has 0 saturated carbocycles. The highest BCUT2D eigenvalue weighted by Crippen LogP contribution is 2.24. The number of aliphatic hydroxyl groups is 1. The number of nitro groups is 1. The average molecular weight is 306 g/mol. The van der Waals surface area contributed by atoms with E-state index in [-0.39, 0.29) is 18.0 Å².